The number of hydrogen-bond acceptors (Lipinski definition) is 3. The van der Waals surface area contributed by atoms with Crippen LogP contribution in [0.5, 0.6) is 0 Å². The van der Waals surface area contributed by atoms with Crippen molar-refractivity contribution < 1.29 is 4.79 Å². The van der Waals surface area contributed by atoms with Gasteiger partial charge in [-0.3, -0.25) is 9.48 Å². The molecular formula is C22H30N4O. The van der Waals surface area contributed by atoms with Crippen LogP contribution in [-0.4, -0.2) is 51.7 Å². The maximum Gasteiger partial charge on any atom is 0.224 e. The van der Waals surface area contributed by atoms with Gasteiger partial charge in [0.1, 0.15) is 0 Å². The van der Waals surface area contributed by atoms with Crippen molar-refractivity contribution in [3.05, 3.63) is 41.6 Å². The van der Waals surface area contributed by atoms with Crippen molar-refractivity contribution >= 4 is 5.91 Å². The zero-order valence-electron chi connectivity index (χ0n) is 16.4. The lowest BCUT2D eigenvalue weighted by molar-refractivity contribution is -0.132. The van der Waals surface area contributed by atoms with Crippen molar-refractivity contribution in [2.24, 2.45) is 0 Å². The molecule has 1 saturated heterocycles. The summed E-state index contributed by atoms with van der Waals surface area (Å²) < 4.78 is 2.09. The van der Waals surface area contributed by atoms with Crippen molar-refractivity contribution in [1.82, 2.24) is 19.6 Å². The summed E-state index contributed by atoms with van der Waals surface area (Å²) in [5.41, 5.74) is 4.55. The Morgan fingerprint density at radius 1 is 1.00 bits per heavy atom. The molecule has 2 aromatic rings. The van der Waals surface area contributed by atoms with Crippen molar-refractivity contribution in [2.75, 3.05) is 26.2 Å². The fourth-order valence-corrected chi connectivity index (χ4v) is 4.14. The largest absolute Gasteiger partial charge is 0.337 e. The van der Waals surface area contributed by atoms with E-state index in [2.05, 4.69) is 46.8 Å². The smallest absolute Gasteiger partial charge is 0.224 e. The molecule has 0 radical (unpaired) electrons. The van der Waals surface area contributed by atoms with Gasteiger partial charge in [0.05, 0.1) is 17.9 Å². The van der Waals surface area contributed by atoms with Crippen LogP contribution in [0.2, 0.25) is 0 Å². The molecule has 3 heterocycles. The van der Waals surface area contributed by atoms with E-state index < -0.39 is 0 Å². The van der Waals surface area contributed by atoms with Gasteiger partial charge in [-0.15, -0.1) is 0 Å². The molecule has 5 nitrogen and oxygen atoms in total. The standard InChI is InChI=1S/C22H30N4O/c1-18-6-8-19(9-7-18)21-16-20-17-25(13-5-14-26(20)23-21)22(27)10-15-24-11-3-2-4-12-24/h6-9,16H,2-5,10-15,17H2,1H3. The van der Waals surface area contributed by atoms with Crippen molar-refractivity contribution in [3.8, 4) is 11.3 Å². The molecule has 1 amide bonds. The van der Waals surface area contributed by atoms with Gasteiger partial charge >= 0.3 is 0 Å². The molecule has 1 fully saturated rings. The number of piperidine rings is 1. The van der Waals surface area contributed by atoms with Crippen LogP contribution in [0.25, 0.3) is 11.3 Å². The van der Waals surface area contributed by atoms with Crippen molar-refractivity contribution in [3.63, 3.8) is 0 Å². The molecule has 0 bridgehead atoms. The van der Waals surface area contributed by atoms with Crippen LogP contribution in [0, 0.1) is 6.92 Å². The Hall–Kier alpha value is -2.14. The second kappa shape index (κ2) is 8.26. The molecule has 0 saturated carbocycles. The molecule has 144 valence electrons. The molecule has 0 unspecified atom stereocenters. The molecule has 1 aromatic carbocycles. The normalized spacial score (nSPS) is 18.2. The average Bonchev–Trinajstić information content (AvgIpc) is 2.99. The number of fused-ring (bicyclic) bond motifs is 1. The summed E-state index contributed by atoms with van der Waals surface area (Å²) in [4.78, 5) is 17.3. The molecule has 0 spiro atoms. The summed E-state index contributed by atoms with van der Waals surface area (Å²) in [5, 5.41) is 4.79. The van der Waals surface area contributed by atoms with E-state index in [9.17, 15) is 4.79 Å². The van der Waals surface area contributed by atoms with Crippen LogP contribution >= 0.6 is 0 Å². The molecular weight excluding hydrogens is 336 g/mol. The predicted octanol–water partition coefficient (Wildman–Crippen LogP) is 3.47. The molecule has 2 aliphatic heterocycles. The highest BCUT2D eigenvalue weighted by molar-refractivity contribution is 5.76. The van der Waals surface area contributed by atoms with E-state index in [-0.39, 0.29) is 5.91 Å². The molecule has 4 rings (SSSR count). The zero-order chi connectivity index (χ0) is 18.6. The summed E-state index contributed by atoms with van der Waals surface area (Å²) in [6.07, 6.45) is 5.50. The van der Waals surface area contributed by atoms with E-state index in [0.717, 1.165) is 56.1 Å². The monoisotopic (exact) mass is 366 g/mol. The molecule has 5 heteroatoms. The van der Waals surface area contributed by atoms with Gasteiger partial charge < -0.3 is 9.80 Å². The van der Waals surface area contributed by atoms with Crippen LogP contribution < -0.4 is 0 Å². The van der Waals surface area contributed by atoms with Gasteiger partial charge in [0.15, 0.2) is 0 Å². The lowest BCUT2D eigenvalue weighted by Gasteiger charge is -2.27. The number of hydrogen-bond donors (Lipinski definition) is 0. The molecule has 0 atom stereocenters. The van der Waals surface area contributed by atoms with Crippen LogP contribution in [-0.2, 0) is 17.9 Å². The van der Waals surface area contributed by atoms with E-state index in [4.69, 9.17) is 5.10 Å². The Labute approximate surface area is 162 Å². The van der Waals surface area contributed by atoms with Gasteiger partial charge in [0, 0.05) is 31.6 Å². The lowest BCUT2D eigenvalue weighted by atomic mass is 10.1. The number of rotatable bonds is 4. The Kier molecular flexibility index (Phi) is 5.58. The minimum atomic E-state index is 0.284. The molecule has 2 aliphatic rings. The minimum Gasteiger partial charge on any atom is -0.337 e. The number of carbonyl (C=O) groups is 1. The number of aromatic nitrogens is 2. The van der Waals surface area contributed by atoms with E-state index in [1.807, 2.05) is 4.90 Å². The summed E-state index contributed by atoms with van der Waals surface area (Å²) in [5.74, 6) is 0.284. The first-order chi connectivity index (χ1) is 13.2. The summed E-state index contributed by atoms with van der Waals surface area (Å²) in [6.45, 7) is 7.71. The van der Waals surface area contributed by atoms with E-state index in [1.165, 1.54) is 24.8 Å². The number of aryl methyl sites for hydroxylation is 2. The first-order valence-corrected chi connectivity index (χ1v) is 10.3. The second-order valence-electron chi connectivity index (χ2n) is 7.93. The zero-order valence-corrected chi connectivity index (χ0v) is 16.4. The first-order valence-electron chi connectivity index (χ1n) is 10.3. The highest BCUT2D eigenvalue weighted by Gasteiger charge is 2.21. The van der Waals surface area contributed by atoms with Crippen LogP contribution in [0.3, 0.4) is 0 Å². The Morgan fingerprint density at radius 2 is 1.78 bits per heavy atom. The third kappa shape index (κ3) is 4.41. The van der Waals surface area contributed by atoms with Gasteiger partial charge in [0.25, 0.3) is 0 Å². The fraction of sp³-hybridized carbons (Fsp3) is 0.545. The average molecular weight is 367 g/mol. The number of likely N-dealkylation sites (tertiary alicyclic amines) is 1. The van der Waals surface area contributed by atoms with E-state index in [1.54, 1.807) is 0 Å². The highest BCUT2D eigenvalue weighted by atomic mass is 16.2. The summed E-state index contributed by atoms with van der Waals surface area (Å²) >= 11 is 0. The summed E-state index contributed by atoms with van der Waals surface area (Å²) in [6, 6.07) is 10.6. The maximum atomic E-state index is 12.8. The Morgan fingerprint density at radius 3 is 2.56 bits per heavy atom. The Balaban J connectivity index is 1.41. The number of nitrogens with zero attached hydrogens (tertiary/aromatic N) is 4. The third-order valence-corrected chi connectivity index (χ3v) is 5.80. The van der Waals surface area contributed by atoms with Crippen LogP contribution in [0.1, 0.15) is 43.4 Å². The van der Waals surface area contributed by atoms with Gasteiger partial charge in [-0.25, -0.2) is 0 Å². The van der Waals surface area contributed by atoms with Crippen LogP contribution in [0.4, 0.5) is 0 Å². The molecule has 27 heavy (non-hydrogen) atoms. The van der Waals surface area contributed by atoms with Crippen LogP contribution in [0.15, 0.2) is 30.3 Å². The second-order valence-corrected chi connectivity index (χ2v) is 7.93. The topological polar surface area (TPSA) is 41.4 Å². The fourth-order valence-electron chi connectivity index (χ4n) is 4.14. The van der Waals surface area contributed by atoms with E-state index in [0.29, 0.717) is 13.0 Å². The molecule has 0 N–H and O–H groups in total. The maximum absolute atomic E-state index is 12.8. The number of benzene rings is 1. The first kappa shape index (κ1) is 18.2. The van der Waals surface area contributed by atoms with Crippen molar-refractivity contribution in [1.29, 1.82) is 0 Å². The predicted molar refractivity (Wildman–Crippen MR) is 107 cm³/mol. The Bertz CT molecular complexity index is 774. The van der Waals surface area contributed by atoms with Gasteiger partial charge in [0.2, 0.25) is 5.91 Å². The van der Waals surface area contributed by atoms with E-state index >= 15 is 0 Å². The molecule has 1 aromatic heterocycles. The summed E-state index contributed by atoms with van der Waals surface area (Å²) in [7, 11) is 0. The lowest BCUT2D eigenvalue weighted by Crippen LogP contribution is -2.36. The quantitative estimate of drug-likeness (QED) is 0.832. The van der Waals surface area contributed by atoms with Crippen molar-refractivity contribution in [2.45, 2.75) is 52.1 Å². The SMILES string of the molecule is Cc1ccc(-c2cc3n(n2)CCCN(C(=O)CCN2CCCCC2)C3)cc1. The highest BCUT2D eigenvalue weighted by Crippen LogP contribution is 2.23. The minimum absolute atomic E-state index is 0.284. The third-order valence-electron chi connectivity index (χ3n) is 5.80. The van der Waals surface area contributed by atoms with Gasteiger partial charge in [-0.1, -0.05) is 36.2 Å². The number of carbonyl (C=O) groups excluding carboxylic acids is 1. The van der Waals surface area contributed by atoms with Gasteiger partial charge in [-0.05, 0) is 45.3 Å². The van der Waals surface area contributed by atoms with Gasteiger partial charge in [-0.2, -0.15) is 5.10 Å². The molecule has 0 aliphatic carbocycles. The number of amides is 1.